The molecular weight excluding hydrogens is 450 g/mol. The van der Waals surface area contributed by atoms with Crippen molar-refractivity contribution < 1.29 is 34.3 Å². The second kappa shape index (κ2) is 8.91. The number of fused-ring (bicyclic) bond motifs is 5. The summed E-state index contributed by atoms with van der Waals surface area (Å²) >= 11 is 0. The van der Waals surface area contributed by atoms with Gasteiger partial charge in [0.2, 0.25) is 0 Å². The number of methoxy groups -OCH3 is 2. The molecule has 8 nitrogen and oxygen atoms in total. The van der Waals surface area contributed by atoms with Crippen molar-refractivity contribution in [3.8, 4) is 0 Å². The lowest BCUT2D eigenvalue weighted by Gasteiger charge is -2.65. The van der Waals surface area contributed by atoms with E-state index in [2.05, 4.69) is 6.92 Å². The molecule has 5 rings (SSSR count). The highest BCUT2D eigenvalue weighted by Gasteiger charge is 2.71. The zero-order chi connectivity index (χ0) is 25.1. The first-order valence-corrected chi connectivity index (χ1v) is 13.2. The van der Waals surface area contributed by atoms with Crippen molar-refractivity contribution >= 4 is 12.2 Å². The number of cyclic esters (lactones) is 1. The predicted molar refractivity (Wildman–Crippen MR) is 129 cm³/mol. The van der Waals surface area contributed by atoms with Gasteiger partial charge in [0.1, 0.15) is 6.61 Å². The van der Waals surface area contributed by atoms with Crippen LogP contribution in [0.5, 0.6) is 0 Å². The lowest BCUT2D eigenvalue weighted by Crippen LogP contribution is -2.68. The first-order chi connectivity index (χ1) is 16.6. The van der Waals surface area contributed by atoms with Gasteiger partial charge in [-0.05, 0) is 74.7 Å². The topological polar surface area (TPSA) is 118 Å². The van der Waals surface area contributed by atoms with Gasteiger partial charge in [0.05, 0.1) is 23.9 Å². The summed E-state index contributed by atoms with van der Waals surface area (Å²) < 4.78 is 15.8. The van der Waals surface area contributed by atoms with Crippen LogP contribution in [0.2, 0.25) is 0 Å². The number of aliphatic hydroxyl groups is 3. The largest absolute Gasteiger partial charge is 0.458 e. The molecule has 8 heteroatoms. The molecule has 0 aromatic carbocycles. The van der Waals surface area contributed by atoms with Crippen molar-refractivity contribution in [3.63, 3.8) is 0 Å². The molecule has 3 N–H and O–H groups in total. The van der Waals surface area contributed by atoms with Crippen molar-refractivity contribution in [2.24, 2.45) is 33.6 Å². The average molecular weight is 492 g/mol. The number of aliphatic hydroxyl groups excluding tert-OH is 1. The first-order valence-electron chi connectivity index (χ1n) is 13.2. The summed E-state index contributed by atoms with van der Waals surface area (Å²) in [4.78, 5) is 16.5. The highest BCUT2D eigenvalue weighted by Crippen LogP contribution is 2.70. The lowest BCUT2D eigenvalue weighted by molar-refractivity contribution is -0.237. The van der Waals surface area contributed by atoms with Crippen LogP contribution in [0.4, 0.5) is 0 Å². The average Bonchev–Trinajstić information content (AvgIpc) is 3.36. The molecule has 1 aliphatic heterocycles. The van der Waals surface area contributed by atoms with Gasteiger partial charge in [0, 0.05) is 43.8 Å². The number of esters is 1. The first kappa shape index (κ1) is 25.3. The molecule has 0 unspecified atom stereocenters. The molecule has 0 radical (unpaired) electrons. The fraction of sp³-hybridized carbons (Fsp3) is 0.852. The lowest BCUT2D eigenvalue weighted by atomic mass is 9.41. The summed E-state index contributed by atoms with van der Waals surface area (Å²) in [5.41, 5.74) is -1.87. The Morgan fingerprint density at radius 1 is 1.11 bits per heavy atom. The van der Waals surface area contributed by atoms with Crippen molar-refractivity contribution in [1.29, 1.82) is 0 Å². The number of carbonyl (C=O) groups excluding carboxylic acids is 1. The van der Waals surface area contributed by atoms with E-state index in [4.69, 9.17) is 19.2 Å². The summed E-state index contributed by atoms with van der Waals surface area (Å²) in [5, 5.41) is 34.9. The molecular formula is C27H41NO7. The van der Waals surface area contributed by atoms with Crippen LogP contribution in [0, 0.1) is 28.6 Å². The highest BCUT2D eigenvalue weighted by atomic mass is 16.7. The van der Waals surface area contributed by atoms with Gasteiger partial charge in [-0.15, -0.1) is 0 Å². The minimum absolute atomic E-state index is 0.0208. The van der Waals surface area contributed by atoms with Crippen molar-refractivity contribution in [3.05, 3.63) is 11.6 Å². The van der Waals surface area contributed by atoms with E-state index in [1.165, 1.54) is 0 Å². The summed E-state index contributed by atoms with van der Waals surface area (Å²) in [6.07, 6.45) is 8.63. The van der Waals surface area contributed by atoms with Crippen LogP contribution >= 0.6 is 0 Å². The molecule has 8 atom stereocenters. The molecule has 4 aliphatic carbocycles. The van der Waals surface area contributed by atoms with E-state index in [1.54, 1.807) is 20.3 Å². The summed E-state index contributed by atoms with van der Waals surface area (Å²) in [6, 6.07) is 0. The Hall–Kier alpha value is -1.32. The number of aliphatic imine (C=N–C) groups is 1. The third-order valence-corrected chi connectivity index (χ3v) is 10.7. The molecule has 4 saturated carbocycles. The third-order valence-electron chi connectivity index (χ3n) is 10.7. The van der Waals surface area contributed by atoms with E-state index in [1.807, 2.05) is 6.21 Å². The van der Waals surface area contributed by atoms with Gasteiger partial charge in [-0.2, -0.15) is 0 Å². The van der Waals surface area contributed by atoms with Gasteiger partial charge in [-0.1, -0.05) is 6.92 Å². The van der Waals surface area contributed by atoms with E-state index in [0.717, 1.165) is 31.3 Å². The molecule has 196 valence electrons. The second-order valence-electron chi connectivity index (χ2n) is 11.9. The molecule has 0 saturated heterocycles. The van der Waals surface area contributed by atoms with Gasteiger partial charge in [0.25, 0.3) is 0 Å². The Morgan fingerprint density at radius 3 is 2.54 bits per heavy atom. The molecule has 5 aliphatic rings. The number of hydrogen-bond acceptors (Lipinski definition) is 8. The van der Waals surface area contributed by atoms with Crippen LogP contribution in [-0.4, -0.2) is 78.5 Å². The van der Waals surface area contributed by atoms with E-state index >= 15 is 0 Å². The maximum atomic E-state index is 12.4. The van der Waals surface area contributed by atoms with Crippen LogP contribution in [0.25, 0.3) is 0 Å². The second-order valence-corrected chi connectivity index (χ2v) is 11.9. The van der Waals surface area contributed by atoms with Crippen molar-refractivity contribution in [2.75, 3.05) is 27.4 Å². The van der Waals surface area contributed by atoms with Crippen LogP contribution in [0.15, 0.2) is 16.6 Å². The number of carbonyl (C=O) groups is 1. The minimum atomic E-state index is -1.05. The molecule has 4 fully saturated rings. The highest BCUT2D eigenvalue weighted by molar-refractivity contribution is 5.85. The number of hydrogen-bond donors (Lipinski definition) is 3. The van der Waals surface area contributed by atoms with Crippen molar-refractivity contribution in [2.45, 2.75) is 88.3 Å². The zero-order valence-electron chi connectivity index (χ0n) is 21.2. The SMILES string of the molecule is COC(CN=C[C@]12CC[C@H](O)C[C@]1(O)CC[C@@H]1[C@@H]2CC[C@]2(C)[C@H](C3=CC(=O)OC3)CC[C@@]12O)OC. The monoisotopic (exact) mass is 491 g/mol. The molecule has 1 heterocycles. The fourth-order valence-electron chi connectivity index (χ4n) is 8.91. The summed E-state index contributed by atoms with van der Waals surface area (Å²) in [7, 11) is 3.16. The number of rotatable bonds is 6. The Balaban J connectivity index is 1.49. The van der Waals surface area contributed by atoms with Gasteiger partial charge in [0.15, 0.2) is 6.29 Å². The van der Waals surface area contributed by atoms with Crippen LogP contribution in [0.1, 0.15) is 64.7 Å². The van der Waals surface area contributed by atoms with Gasteiger partial charge in [-0.25, -0.2) is 4.79 Å². The van der Waals surface area contributed by atoms with E-state index in [-0.39, 0.29) is 29.1 Å². The van der Waals surface area contributed by atoms with Gasteiger partial charge >= 0.3 is 5.97 Å². The minimum Gasteiger partial charge on any atom is -0.458 e. The summed E-state index contributed by atoms with van der Waals surface area (Å²) in [5.74, 6) is -0.0692. The van der Waals surface area contributed by atoms with Gasteiger partial charge < -0.3 is 29.5 Å². The molecule has 0 spiro atoms. The molecule has 0 amide bonds. The Labute approximate surface area is 207 Å². The van der Waals surface area contributed by atoms with Gasteiger partial charge in [-0.3, -0.25) is 4.99 Å². The smallest absolute Gasteiger partial charge is 0.331 e. The van der Waals surface area contributed by atoms with E-state index < -0.39 is 29.0 Å². The zero-order valence-corrected chi connectivity index (χ0v) is 21.2. The summed E-state index contributed by atoms with van der Waals surface area (Å²) in [6.45, 7) is 2.85. The van der Waals surface area contributed by atoms with Crippen LogP contribution < -0.4 is 0 Å². The molecule has 35 heavy (non-hydrogen) atoms. The quantitative estimate of drug-likeness (QED) is 0.297. The maximum absolute atomic E-state index is 12.4. The normalized spacial score (nSPS) is 47.4. The standard InChI is InChI=1S/C27H41NO7/c1-24-8-5-20-21(27(24,32)11-7-19(24)17-12-22(30)35-15-17)6-10-26(31)13-18(29)4-9-25(20,26)16-28-14-23(33-2)34-3/h12,16,18-21,23,29,31-32H,4-11,13-15H2,1-3H3/t18-,19-,20-,21+,24+,25-,26+,27+/m0/s1. The Kier molecular flexibility index (Phi) is 6.45. The third kappa shape index (κ3) is 3.66. The molecule has 0 aromatic heterocycles. The van der Waals surface area contributed by atoms with Crippen LogP contribution in [-0.2, 0) is 19.0 Å². The number of nitrogens with zero attached hydrogens (tertiary/aromatic N) is 1. The fourth-order valence-corrected chi connectivity index (χ4v) is 8.91. The Morgan fingerprint density at radius 2 is 1.86 bits per heavy atom. The van der Waals surface area contributed by atoms with E-state index in [0.29, 0.717) is 45.3 Å². The predicted octanol–water partition coefficient (Wildman–Crippen LogP) is 2.39. The molecule has 0 aromatic rings. The Bertz CT molecular complexity index is 902. The molecule has 0 bridgehead atoms. The van der Waals surface area contributed by atoms with Crippen molar-refractivity contribution in [1.82, 2.24) is 0 Å². The van der Waals surface area contributed by atoms with E-state index in [9.17, 15) is 20.1 Å². The van der Waals surface area contributed by atoms with Crippen LogP contribution in [0.3, 0.4) is 0 Å². The maximum Gasteiger partial charge on any atom is 0.331 e. The number of ether oxygens (including phenoxy) is 3.